The molecule has 2 atom stereocenters. The highest BCUT2D eigenvalue weighted by Crippen LogP contribution is 2.43. The van der Waals surface area contributed by atoms with Crippen LogP contribution in [0.3, 0.4) is 0 Å². The van der Waals surface area contributed by atoms with Gasteiger partial charge < -0.3 is 10.2 Å². The van der Waals surface area contributed by atoms with Gasteiger partial charge in [-0.2, -0.15) is 0 Å². The fourth-order valence-corrected chi connectivity index (χ4v) is 4.69. The molecule has 0 aliphatic carbocycles. The molecular weight excluding hydrogens is 306 g/mol. The number of thioether (sulfide) groups is 1. The molecule has 1 aromatic rings. The van der Waals surface area contributed by atoms with Crippen LogP contribution < -0.4 is 5.32 Å². The molecule has 2 saturated heterocycles. The van der Waals surface area contributed by atoms with E-state index in [0.717, 1.165) is 45.7 Å². The van der Waals surface area contributed by atoms with Crippen LogP contribution in [0, 0.1) is 6.92 Å². The van der Waals surface area contributed by atoms with Crippen molar-refractivity contribution < 1.29 is 4.79 Å². The van der Waals surface area contributed by atoms with Gasteiger partial charge in [0.2, 0.25) is 5.91 Å². The number of rotatable bonds is 5. The standard InChI is InChI=1S/C18H27N3OS/c1-3-16-17(22)21(13-12-20-10-8-19-9-11-20)18(23-16)15-6-4-14(2)5-7-15/h4-7,16,18-19H,3,8-13H2,1-2H3/t16-,18-/m1/s1. The Morgan fingerprint density at radius 1 is 1.17 bits per heavy atom. The zero-order valence-electron chi connectivity index (χ0n) is 14.1. The Kier molecular flexibility index (Phi) is 5.62. The van der Waals surface area contributed by atoms with Crippen LogP contribution in [0.15, 0.2) is 24.3 Å². The second kappa shape index (κ2) is 7.69. The first-order valence-corrected chi connectivity index (χ1v) is 9.59. The topological polar surface area (TPSA) is 35.6 Å². The molecular formula is C18H27N3OS. The van der Waals surface area contributed by atoms with E-state index in [1.807, 2.05) is 11.8 Å². The van der Waals surface area contributed by atoms with Crippen molar-refractivity contribution in [3.63, 3.8) is 0 Å². The Hall–Kier alpha value is -1.04. The molecule has 0 spiro atoms. The van der Waals surface area contributed by atoms with E-state index in [4.69, 9.17) is 0 Å². The molecule has 126 valence electrons. The van der Waals surface area contributed by atoms with Gasteiger partial charge in [-0.3, -0.25) is 9.69 Å². The average Bonchev–Trinajstić information content (AvgIpc) is 2.90. The third-order valence-corrected chi connectivity index (χ3v) is 6.38. The highest BCUT2D eigenvalue weighted by Gasteiger charge is 2.39. The summed E-state index contributed by atoms with van der Waals surface area (Å²) in [6.07, 6.45) is 0.913. The Bertz CT molecular complexity index is 528. The van der Waals surface area contributed by atoms with Crippen LogP contribution >= 0.6 is 11.8 Å². The van der Waals surface area contributed by atoms with Crippen molar-refractivity contribution in [1.82, 2.24) is 15.1 Å². The van der Waals surface area contributed by atoms with Gasteiger partial charge >= 0.3 is 0 Å². The molecule has 2 heterocycles. The van der Waals surface area contributed by atoms with Crippen LogP contribution in [-0.2, 0) is 4.79 Å². The van der Waals surface area contributed by atoms with Crippen molar-refractivity contribution >= 4 is 17.7 Å². The first-order chi connectivity index (χ1) is 11.2. The van der Waals surface area contributed by atoms with Crippen LogP contribution in [0.1, 0.15) is 29.8 Å². The third kappa shape index (κ3) is 3.90. The van der Waals surface area contributed by atoms with Crippen molar-refractivity contribution in [3.05, 3.63) is 35.4 Å². The molecule has 4 nitrogen and oxygen atoms in total. The van der Waals surface area contributed by atoms with E-state index in [-0.39, 0.29) is 10.6 Å². The van der Waals surface area contributed by atoms with E-state index >= 15 is 0 Å². The number of hydrogen-bond donors (Lipinski definition) is 1. The van der Waals surface area contributed by atoms with Gasteiger partial charge in [0.25, 0.3) is 0 Å². The van der Waals surface area contributed by atoms with Crippen molar-refractivity contribution in [3.8, 4) is 0 Å². The number of carbonyl (C=O) groups is 1. The van der Waals surface area contributed by atoms with E-state index in [0.29, 0.717) is 5.91 Å². The van der Waals surface area contributed by atoms with Crippen LogP contribution in [-0.4, -0.2) is 60.2 Å². The number of benzene rings is 1. The first-order valence-electron chi connectivity index (χ1n) is 8.64. The van der Waals surface area contributed by atoms with Crippen molar-refractivity contribution in [2.75, 3.05) is 39.3 Å². The predicted octanol–water partition coefficient (Wildman–Crippen LogP) is 2.25. The normalized spacial score (nSPS) is 26.0. The molecule has 0 radical (unpaired) electrons. The molecule has 23 heavy (non-hydrogen) atoms. The summed E-state index contributed by atoms with van der Waals surface area (Å²) < 4.78 is 0. The van der Waals surface area contributed by atoms with Gasteiger partial charge in [-0.1, -0.05) is 36.8 Å². The summed E-state index contributed by atoms with van der Waals surface area (Å²) in [7, 11) is 0. The molecule has 0 bridgehead atoms. The lowest BCUT2D eigenvalue weighted by Crippen LogP contribution is -2.47. The maximum absolute atomic E-state index is 12.7. The van der Waals surface area contributed by atoms with Gasteiger partial charge in [-0.05, 0) is 18.9 Å². The van der Waals surface area contributed by atoms with Crippen molar-refractivity contribution in [2.24, 2.45) is 0 Å². The zero-order chi connectivity index (χ0) is 16.2. The number of carbonyl (C=O) groups excluding carboxylic acids is 1. The maximum Gasteiger partial charge on any atom is 0.236 e. The summed E-state index contributed by atoms with van der Waals surface area (Å²) in [5.74, 6) is 0.318. The van der Waals surface area contributed by atoms with Crippen LogP contribution in [0.25, 0.3) is 0 Å². The van der Waals surface area contributed by atoms with Crippen LogP contribution in [0.4, 0.5) is 0 Å². The lowest BCUT2D eigenvalue weighted by atomic mass is 10.1. The molecule has 2 aliphatic rings. The molecule has 1 amide bonds. The minimum absolute atomic E-state index is 0.115. The number of hydrogen-bond acceptors (Lipinski definition) is 4. The fraction of sp³-hybridized carbons (Fsp3) is 0.611. The Morgan fingerprint density at radius 2 is 1.87 bits per heavy atom. The third-order valence-electron chi connectivity index (χ3n) is 4.73. The van der Waals surface area contributed by atoms with Gasteiger partial charge in [0.1, 0.15) is 5.37 Å². The minimum Gasteiger partial charge on any atom is -0.324 e. The molecule has 1 aromatic carbocycles. The fourth-order valence-electron chi connectivity index (χ4n) is 3.26. The van der Waals surface area contributed by atoms with E-state index in [9.17, 15) is 4.79 Å². The smallest absolute Gasteiger partial charge is 0.236 e. The summed E-state index contributed by atoms with van der Waals surface area (Å²) in [4.78, 5) is 17.3. The lowest BCUT2D eigenvalue weighted by molar-refractivity contribution is -0.130. The van der Waals surface area contributed by atoms with Crippen LogP contribution in [0.5, 0.6) is 0 Å². The predicted molar refractivity (Wildman–Crippen MR) is 96.6 cm³/mol. The maximum atomic E-state index is 12.7. The first kappa shape index (κ1) is 16.8. The second-order valence-electron chi connectivity index (χ2n) is 6.42. The Balaban J connectivity index is 1.70. The number of aryl methyl sites for hydroxylation is 1. The summed E-state index contributed by atoms with van der Waals surface area (Å²) in [5, 5.41) is 3.67. The Labute approximate surface area is 143 Å². The van der Waals surface area contributed by atoms with Gasteiger partial charge in [-0.25, -0.2) is 0 Å². The van der Waals surface area contributed by atoms with E-state index < -0.39 is 0 Å². The highest BCUT2D eigenvalue weighted by atomic mass is 32.2. The molecule has 1 N–H and O–H groups in total. The summed E-state index contributed by atoms with van der Waals surface area (Å²) in [6.45, 7) is 10.3. The molecule has 2 fully saturated rings. The van der Waals surface area contributed by atoms with Crippen LogP contribution in [0.2, 0.25) is 0 Å². The minimum atomic E-state index is 0.115. The van der Waals surface area contributed by atoms with Crippen molar-refractivity contribution in [1.29, 1.82) is 0 Å². The molecule has 3 rings (SSSR count). The SMILES string of the molecule is CC[C@H]1S[C@H](c2ccc(C)cc2)N(CCN2CCNCC2)C1=O. The summed E-state index contributed by atoms with van der Waals surface area (Å²) >= 11 is 1.82. The van der Waals surface area contributed by atoms with E-state index in [1.54, 1.807) is 0 Å². The number of amides is 1. The number of piperazine rings is 1. The summed E-state index contributed by atoms with van der Waals surface area (Å²) in [6, 6.07) is 8.65. The summed E-state index contributed by atoms with van der Waals surface area (Å²) in [5.41, 5.74) is 2.52. The van der Waals surface area contributed by atoms with Crippen molar-refractivity contribution in [2.45, 2.75) is 30.9 Å². The van der Waals surface area contributed by atoms with E-state index in [2.05, 4.69) is 53.2 Å². The Morgan fingerprint density at radius 3 is 2.52 bits per heavy atom. The van der Waals surface area contributed by atoms with Gasteiger partial charge in [0.05, 0.1) is 5.25 Å². The molecule has 2 aliphatic heterocycles. The van der Waals surface area contributed by atoms with E-state index in [1.165, 1.54) is 11.1 Å². The molecule has 0 aromatic heterocycles. The van der Waals surface area contributed by atoms with Gasteiger partial charge in [0.15, 0.2) is 0 Å². The second-order valence-corrected chi connectivity index (χ2v) is 7.71. The largest absolute Gasteiger partial charge is 0.324 e. The number of nitrogens with one attached hydrogen (secondary N) is 1. The molecule has 5 heteroatoms. The highest BCUT2D eigenvalue weighted by molar-refractivity contribution is 8.01. The molecule has 0 unspecified atom stereocenters. The molecule has 0 saturated carbocycles. The quantitative estimate of drug-likeness (QED) is 0.896. The monoisotopic (exact) mass is 333 g/mol. The van der Waals surface area contributed by atoms with Gasteiger partial charge in [0, 0.05) is 39.3 Å². The van der Waals surface area contributed by atoms with Gasteiger partial charge in [-0.15, -0.1) is 11.8 Å². The lowest BCUT2D eigenvalue weighted by Gasteiger charge is -2.31. The zero-order valence-corrected chi connectivity index (χ0v) is 14.9. The number of nitrogens with zero attached hydrogens (tertiary/aromatic N) is 2. The average molecular weight is 334 g/mol.